The van der Waals surface area contributed by atoms with Crippen LogP contribution >= 0.6 is 0 Å². The van der Waals surface area contributed by atoms with Crippen LogP contribution in [0.3, 0.4) is 0 Å². The minimum Gasteiger partial charge on any atom is -0.383 e. The number of carbonyl (C=O) groups is 2. The van der Waals surface area contributed by atoms with E-state index in [-0.39, 0.29) is 22.1 Å². The van der Waals surface area contributed by atoms with Gasteiger partial charge in [0.2, 0.25) is 5.91 Å². The van der Waals surface area contributed by atoms with Crippen LogP contribution in [0.1, 0.15) is 17.3 Å². The molecule has 3 N–H and O–H groups in total. The summed E-state index contributed by atoms with van der Waals surface area (Å²) in [5.74, 6) is -0.663. The fraction of sp³-hybridized carbons (Fsp3) is 0.222. The van der Waals surface area contributed by atoms with Crippen LogP contribution in [0.15, 0.2) is 53.4 Å². The maximum atomic E-state index is 12.6. The van der Waals surface area contributed by atoms with Crippen molar-refractivity contribution in [2.24, 2.45) is 0 Å². The van der Waals surface area contributed by atoms with Crippen molar-refractivity contribution >= 4 is 33.2 Å². The van der Waals surface area contributed by atoms with E-state index in [9.17, 15) is 18.0 Å². The summed E-state index contributed by atoms with van der Waals surface area (Å²) in [5.41, 5.74) is 0.852. The first-order chi connectivity index (χ1) is 12.8. The maximum Gasteiger partial charge on any atom is 0.261 e. The van der Waals surface area contributed by atoms with Crippen molar-refractivity contribution in [1.82, 2.24) is 5.32 Å². The molecule has 0 spiro atoms. The number of hydrogen-bond acceptors (Lipinski definition) is 5. The van der Waals surface area contributed by atoms with E-state index in [1.165, 1.54) is 50.4 Å². The van der Waals surface area contributed by atoms with Crippen molar-refractivity contribution in [2.45, 2.75) is 11.8 Å². The molecule has 9 heteroatoms. The Morgan fingerprint density at radius 3 is 2.33 bits per heavy atom. The van der Waals surface area contributed by atoms with E-state index in [4.69, 9.17) is 4.74 Å². The van der Waals surface area contributed by atoms with Crippen LogP contribution < -0.4 is 15.4 Å². The molecule has 0 saturated carbocycles. The van der Waals surface area contributed by atoms with E-state index < -0.39 is 15.9 Å². The Hall–Kier alpha value is -2.91. The molecule has 0 aliphatic heterocycles. The normalized spacial score (nSPS) is 10.9. The highest BCUT2D eigenvalue weighted by molar-refractivity contribution is 7.92. The van der Waals surface area contributed by atoms with Crippen LogP contribution in [-0.4, -0.2) is 40.5 Å². The average Bonchev–Trinajstić information content (AvgIpc) is 2.62. The molecule has 0 heterocycles. The Balaban J connectivity index is 2.20. The van der Waals surface area contributed by atoms with Gasteiger partial charge >= 0.3 is 0 Å². The molecule has 2 amide bonds. The lowest BCUT2D eigenvalue weighted by atomic mass is 10.2. The molecule has 8 nitrogen and oxygen atoms in total. The van der Waals surface area contributed by atoms with Crippen molar-refractivity contribution < 1.29 is 22.7 Å². The summed E-state index contributed by atoms with van der Waals surface area (Å²) >= 11 is 0. The highest BCUT2D eigenvalue weighted by Gasteiger charge is 2.18. The van der Waals surface area contributed by atoms with E-state index in [0.717, 1.165) is 0 Å². The number of methoxy groups -OCH3 is 1. The highest BCUT2D eigenvalue weighted by Crippen LogP contribution is 2.21. The molecule has 0 atom stereocenters. The van der Waals surface area contributed by atoms with Crippen LogP contribution in [0.25, 0.3) is 0 Å². The number of amides is 2. The van der Waals surface area contributed by atoms with Crippen LogP contribution in [-0.2, 0) is 19.6 Å². The smallest absolute Gasteiger partial charge is 0.261 e. The monoisotopic (exact) mass is 391 g/mol. The molecule has 0 aliphatic carbocycles. The molecule has 0 saturated heterocycles. The van der Waals surface area contributed by atoms with Crippen molar-refractivity contribution in [3.8, 4) is 0 Å². The Kier molecular flexibility index (Phi) is 6.91. The van der Waals surface area contributed by atoms with Gasteiger partial charge in [0.05, 0.1) is 22.8 Å². The summed E-state index contributed by atoms with van der Waals surface area (Å²) in [6, 6.07) is 12.0. The molecular formula is C18H21N3O5S. The number of nitrogens with one attached hydrogen (secondary N) is 3. The van der Waals surface area contributed by atoms with Gasteiger partial charge in [-0.25, -0.2) is 8.42 Å². The Bertz CT molecular complexity index is 911. The lowest BCUT2D eigenvalue weighted by Crippen LogP contribution is -2.28. The third-order valence-corrected chi connectivity index (χ3v) is 4.87. The van der Waals surface area contributed by atoms with Crippen molar-refractivity contribution in [2.75, 3.05) is 30.3 Å². The standard InChI is InChI=1S/C18H21N3O5S/c1-13(22)20-14-7-9-15(10-8-14)27(24,25)21-17-6-4-3-5-16(17)18(23)19-11-12-26-2/h3-10,21H,11-12H2,1-2H3,(H,19,23)(H,20,22). The first kappa shape index (κ1) is 20.4. The van der Waals surface area contributed by atoms with E-state index in [1.54, 1.807) is 12.1 Å². The zero-order chi connectivity index (χ0) is 19.9. The topological polar surface area (TPSA) is 114 Å². The minimum absolute atomic E-state index is 0.00574. The van der Waals surface area contributed by atoms with E-state index in [2.05, 4.69) is 15.4 Å². The number of hydrogen-bond donors (Lipinski definition) is 3. The Morgan fingerprint density at radius 1 is 1.04 bits per heavy atom. The molecule has 0 radical (unpaired) electrons. The zero-order valence-electron chi connectivity index (χ0n) is 15.0. The molecule has 2 aromatic carbocycles. The average molecular weight is 391 g/mol. The lowest BCUT2D eigenvalue weighted by molar-refractivity contribution is -0.114. The molecule has 0 aromatic heterocycles. The number of rotatable bonds is 8. The molecule has 27 heavy (non-hydrogen) atoms. The first-order valence-corrected chi connectivity index (χ1v) is 9.58. The number of para-hydroxylation sites is 1. The van der Waals surface area contributed by atoms with Gasteiger partial charge in [0, 0.05) is 26.3 Å². The molecule has 0 fully saturated rings. The van der Waals surface area contributed by atoms with Crippen molar-refractivity contribution in [3.05, 3.63) is 54.1 Å². The second-order valence-electron chi connectivity index (χ2n) is 5.61. The molecule has 2 aromatic rings. The molecule has 0 bridgehead atoms. The van der Waals surface area contributed by atoms with E-state index >= 15 is 0 Å². The number of benzene rings is 2. The lowest BCUT2D eigenvalue weighted by Gasteiger charge is -2.13. The highest BCUT2D eigenvalue weighted by atomic mass is 32.2. The molecule has 0 unspecified atom stereocenters. The molecule has 0 aliphatic rings. The van der Waals surface area contributed by atoms with Gasteiger partial charge in [-0.05, 0) is 36.4 Å². The molecular weight excluding hydrogens is 370 g/mol. The van der Waals surface area contributed by atoms with Gasteiger partial charge in [-0.1, -0.05) is 12.1 Å². The largest absolute Gasteiger partial charge is 0.383 e. The fourth-order valence-electron chi connectivity index (χ4n) is 2.26. The van der Waals surface area contributed by atoms with Gasteiger partial charge in [0.25, 0.3) is 15.9 Å². The van der Waals surface area contributed by atoms with Crippen molar-refractivity contribution in [3.63, 3.8) is 0 Å². The van der Waals surface area contributed by atoms with Gasteiger partial charge in [-0.2, -0.15) is 0 Å². The summed E-state index contributed by atoms with van der Waals surface area (Å²) in [4.78, 5) is 23.3. The fourth-order valence-corrected chi connectivity index (χ4v) is 3.34. The van der Waals surface area contributed by atoms with Crippen LogP contribution in [0, 0.1) is 0 Å². The van der Waals surface area contributed by atoms with Crippen LogP contribution in [0.2, 0.25) is 0 Å². The molecule has 2 rings (SSSR count). The molecule has 144 valence electrons. The number of anilines is 2. The number of sulfonamides is 1. The van der Waals surface area contributed by atoms with Crippen LogP contribution in [0.4, 0.5) is 11.4 Å². The van der Waals surface area contributed by atoms with Gasteiger partial charge in [-0.3, -0.25) is 14.3 Å². The Labute approximate surface area is 158 Å². The third kappa shape index (κ3) is 5.80. The summed E-state index contributed by atoms with van der Waals surface area (Å²) < 4.78 is 32.5. The summed E-state index contributed by atoms with van der Waals surface area (Å²) in [7, 11) is -2.39. The minimum atomic E-state index is -3.91. The number of carbonyl (C=O) groups excluding carboxylic acids is 2. The Morgan fingerprint density at radius 2 is 1.70 bits per heavy atom. The van der Waals surface area contributed by atoms with Gasteiger partial charge in [-0.15, -0.1) is 0 Å². The SMILES string of the molecule is COCCNC(=O)c1ccccc1NS(=O)(=O)c1ccc(NC(C)=O)cc1. The van der Waals surface area contributed by atoms with Gasteiger partial charge < -0.3 is 15.4 Å². The second-order valence-corrected chi connectivity index (χ2v) is 7.29. The first-order valence-electron chi connectivity index (χ1n) is 8.10. The summed E-state index contributed by atoms with van der Waals surface area (Å²) in [6.45, 7) is 2.02. The maximum absolute atomic E-state index is 12.6. The third-order valence-electron chi connectivity index (χ3n) is 3.49. The second kappa shape index (κ2) is 9.15. The quantitative estimate of drug-likeness (QED) is 0.594. The van der Waals surface area contributed by atoms with Crippen molar-refractivity contribution in [1.29, 1.82) is 0 Å². The van der Waals surface area contributed by atoms with E-state index in [0.29, 0.717) is 18.8 Å². The van der Waals surface area contributed by atoms with Crippen LogP contribution in [0.5, 0.6) is 0 Å². The zero-order valence-corrected chi connectivity index (χ0v) is 15.8. The van der Waals surface area contributed by atoms with Gasteiger partial charge in [0.15, 0.2) is 0 Å². The number of ether oxygens (including phenoxy) is 1. The predicted molar refractivity (Wildman–Crippen MR) is 102 cm³/mol. The summed E-state index contributed by atoms with van der Waals surface area (Å²) in [5, 5.41) is 5.22. The van der Waals surface area contributed by atoms with Gasteiger partial charge in [0.1, 0.15) is 0 Å². The summed E-state index contributed by atoms with van der Waals surface area (Å²) in [6.07, 6.45) is 0. The predicted octanol–water partition coefficient (Wildman–Crippen LogP) is 1.82. The van der Waals surface area contributed by atoms with E-state index in [1.807, 2.05) is 0 Å².